The van der Waals surface area contributed by atoms with Crippen LogP contribution in [-0.4, -0.2) is 23.4 Å². The number of aryl methyl sites for hydroxylation is 2. The van der Waals surface area contributed by atoms with Gasteiger partial charge >= 0.3 is 0 Å². The number of nitrogens with one attached hydrogen (secondary N) is 1. The van der Waals surface area contributed by atoms with Gasteiger partial charge < -0.3 is 10.6 Å². The van der Waals surface area contributed by atoms with E-state index in [-0.39, 0.29) is 5.84 Å². The van der Waals surface area contributed by atoms with Gasteiger partial charge in [-0.1, -0.05) is 0 Å². The molecule has 96 valence electrons. The quantitative estimate of drug-likeness (QED) is 0.627. The van der Waals surface area contributed by atoms with E-state index in [4.69, 9.17) is 16.1 Å². The fourth-order valence-electron chi connectivity index (χ4n) is 2.85. The molecule has 0 spiro atoms. The van der Waals surface area contributed by atoms with Crippen LogP contribution in [0.1, 0.15) is 43.0 Å². The van der Waals surface area contributed by atoms with Gasteiger partial charge in [-0.25, -0.2) is 4.98 Å². The Hall–Kier alpha value is -1.58. The third kappa shape index (κ3) is 1.85. The maximum atomic E-state index is 7.78. The molecule has 1 heterocycles. The second-order valence-electron chi connectivity index (χ2n) is 5.25. The van der Waals surface area contributed by atoms with Crippen LogP contribution < -0.4 is 10.6 Å². The molecule has 0 radical (unpaired) electrons. The molecule has 2 aliphatic carbocycles. The Morgan fingerprint density at radius 2 is 2.28 bits per heavy atom. The lowest BCUT2D eigenvalue weighted by Gasteiger charge is -2.24. The summed E-state index contributed by atoms with van der Waals surface area (Å²) in [5.41, 5.74) is 9.07. The summed E-state index contributed by atoms with van der Waals surface area (Å²) in [7, 11) is 0. The number of fused-ring (bicyclic) bond motifs is 1. The molecule has 3 N–H and O–H groups in total. The fourth-order valence-corrected chi connectivity index (χ4v) is 2.85. The normalized spacial score (nSPS) is 17.6. The number of nitrogens with zero attached hydrogens (tertiary/aromatic N) is 2. The summed E-state index contributed by atoms with van der Waals surface area (Å²) in [6.07, 6.45) is 5.81. The molecule has 2 aliphatic rings. The van der Waals surface area contributed by atoms with E-state index in [9.17, 15) is 0 Å². The van der Waals surface area contributed by atoms with Gasteiger partial charge in [0.05, 0.1) is 5.56 Å². The summed E-state index contributed by atoms with van der Waals surface area (Å²) in [5.74, 6) is 1.08. The van der Waals surface area contributed by atoms with Gasteiger partial charge in [-0.2, -0.15) is 0 Å². The smallest absolute Gasteiger partial charge is 0.140 e. The zero-order valence-electron chi connectivity index (χ0n) is 10.9. The van der Waals surface area contributed by atoms with Crippen molar-refractivity contribution in [1.82, 2.24) is 4.98 Å². The summed E-state index contributed by atoms with van der Waals surface area (Å²) >= 11 is 0. The van der Waals surface area contributed by atoms with E-state index >= 15 is 0 Å². The maximum Gasteiger partial charge on any atom is 0.140 e. The molecule has 0 saturated heterocycles. The molecule has 3 rings (SSSR count). The minimum atomic E-state index is 0.145. The van der Waals surface area contributed by atoms with Crippen LogP contribution in [0.4, 0.5) is 5.82 Å². The number of aromatic nitrogens is 1. The highest BCUT2D eigenvalue weighted by atomic mass is 15.2. The Morgan fingerprint density at radius 1 is 1.50 bits per heavy atom. The number of pyridine rings is 1. The highest BCUT2D eigenvalue weighted by Gasteiger charge is 2.31. The molecule has 18 heavy (non-hydrogen) atoms. The van der Waals surface area contributed by atoms with Crippen molar-refractivity contribution in [3.63, 3.8) is 0 Å². The predicted molar refractivity (Wildman–Crippen MR) is 73.3 cm³/mol. The minimum absolute atomic E-state index is 0.145. The highest BCUT2D eigenvalue weighted by Crippen LogP contribution is 2.34. The number of hydrogen-bond acceptors (Lipinski definition) is 3. The van der Waals surface area contributed by atoms with Gasteiger partial charge in [0, 0.05) is 18.3 Å². The monoisotopic (exact) mass is 244 g/mol. The van der Waals surface area contributed by atoms with Crippen LogP contribution in [0.2, 0.25) is 0 Å². The van der Waals surface area contributed by atoms with Crippen LogP contribution in [-0.2, 0) is 12.8 Å². The standard InChI is InChI=1S/C14H20N4/c1-2-18(10-6-7-10)14-11(13(15)16)8-9-4-3-5-12(9)17-14/h8,10H,2-7H2,1H3,(H3,15,16). The zero-order chi connectivity index (χ0) is 12.7. The molecule has 1 saturated carbocycles. The lowest BCUT2D eigenvalue weighted by atomic mass is 10.1. The van der Waals surface area contributed by atoms with Gasteiger partial charge in [0.1, 0.15) is 11.7 Å². The third-order valence-corrected chi connectivity index (χ3v) is 3.92. The first-order chi connectivity index (χ1) is 8.70. The molecule has 1 aromatic heterocycles. The Balaban J connectivity index is 2.07. The molecule has 1 aromatic rings. The topological polar surface area (TPSA) is 66.0 Å². The van der Waals surface area contributed by atoms with Gasteiger partial charge in [0.2, 0.25) is 0 Å². The van der Waals surface area contributed by atoms with Crippen molar-refractivity contribution < 1.29 is 0 Å². The van der Waals surface area contributed by atoms with Gasteiger partial charge in [-0.15, -0.1) is 0 Å². The van der Waals surface area contributed by atoms with Crippen molar-refractivity contribution in [2.45, 2.75) is 45.1 Å². The number of nitrogens with two attached hydrogens (primary N) is 1. The average Bonchev–Trinajstić information content (AvgIpc) is 3.07. The van der Waals surface area contributed by atoms with Crippen molar-refractivity contribution in [1.29, 1.82) is 5.41 Å². The van der Waals surface area contributed by atoms with Gasteiger partial charge in [0.15, 0.2) is 0 Å². The molecule has 4 nitrogen and oxygen atoms in total. The number of amidine groups is 1. The molecular weight excluding hydrogens is 224 g/mol. The molecule has 1 fully saturated rings. The van der Waals surface area contributed by atoms with Crippen LogP contribution in [0, 0.1) is 5.41 Å². The molecule has 0 aromatic carbocycles. The Morgan fingerprint density at radius 3 is 2.89 bits per heavy atom. The SMILES string of the molecule is CCN(c1nc2c(cc1C(=N)N)CCC2)C1CC1. The van der Waals surface area contributed by atoms with E-state index in [2.05, 4.69) is 17.9 Å². The number of nitrogen functional groups attached to an aromatic ring is 1. The number of anilines is 1. The van der Waals surface area contributed by atoms with E-state index in [0.29, 0.717) is 6.04 Å². The minimum Gasteiger partial charge on any atom is -0.384 e. The summed E-state index contributed by atoms with van der Waals surface area (Å²) in [6, 6.07) is 2.71. The highest BCUT2D eigenvalue weighted by molar-refractivity contribution is 6.00. The van der Waals surface area contributed by atoms with Gasteiger partial charge in [0.25, 0.3) is 0 Å². The summed E-state index contributed by atoms with van der Waals surface area (Å²) in [5, 5.41) is 7.78. The predicted octanol–water partition coefficient (Wildman–Crippen LogP) is 1.84. The molecule has 0 amide bonds. The van der Waals surface area contributed by atoms with E-state index in [0.717, 1.165) is 30.8 Å². The van der Waals surface area contributed by atoms with Crippen molar-refractivity contribution in [2.75, 3.05) is 11.4 Å². The number of hydrogen-bond donors (Lipinski definition) is 2. The largest absolute Gasteiger partial charge is 0.384 e. The van der Waals surface area contributed by atoms with Crippen molar-refractivity contribution in [3.05, 3.63) is 22.9 Å². The lowest BCUT2D eigenvalue weighted by molar-refractivity contribution is 0.800. The lowest BCUT2D eigenvalue weighted by Crippen LogP contribution is -2.29. The van der Waals surface area contributed by atoms with Crippen molar-refractivity contribution in [3.8, 4) is 0 Å². The van der Waals surface area contributed by atoms with Gasteiger partial charge in [-0.3, -0.25) is 5.41 Å². The second-order valence-corrected chi connectivity index (χ2v) is 5.25. The molecule has 0 unspecified atom stereocenters. The maximum absolute atomic E-state index is 7.78. The third-order valence-electron chi connectivity index (χ3n) is 3.92. The average molecular weight is 244 g/mol. The first kappa shape index (κ1) is 11.5. The Labute approximate surface area is 108 Å². The Bertz CT molecular complexity index is 491. The van der Waals surface area contributed by atoms with E-state index in [1.54, 1.807) is 0 Å². The van der Waals surface area contributed by atoms with E-state index in [1.165, 1.54) is 30.5 Å². The molecule has 4 heteroatoms. The van der Waals surface area contributed by atoms with Crippen LogP contribution in [0.15, 0.2) is 6.07 Å². The summed E-state index contributed by atoms with van der Waals surface area (Å²) in [4.78, 5) is 7.13. The molecular formula is C14H20N4. The van der Waals surface area contributed by atoms with E-state index < -0.39 is 0 Å². The zero-order valence-corrected chi connectivity index (χ0v) is 10.9. The van der Waals surface area contributed by atoms with Crippen molar-refractivity contribution >= 4 is 11.7 Å². The van der Waals surface area contributed by atoms with E-state index in [1.807, 2.05) is 0 Å². The molecule has 0 atom stereocenters. The first-order valence-electron chi connectivity index (χ1n) is 6.84. The summed E-state index contributed by atoms with van der Waals surface area (Å²) in [6.45, 7) is 3.09. The van der Waals surface area contributed by atoms with Crippen LogP contribution in [0.25, 0.3) is 0 Å². The van der Waals surface area contributed by atoms with Crippen LogP contribution in [0.5, 0.6) is 0 Å². The Kier molecular flexibility index (Phi) is 2.73. The molecule has 0 bridgehead atoms. The first-order valence-corrected chi connectivity index (χ1v) is 6.84. The van der Waals surface area contributed by atoms with Crippen LogP contribution in [0.3, 0.4) is 0 Å². The van der Waals surface area contributed by atoms with Gasteiger partial charge in [-0.05, 0) is 50.7 Å². The number of rotatable bonds is 4. The second kappa shape index (κ2) is 4.26. The molecule has 0 aliphatic heterocycles. The van der Waals surface area contributed by atoms with Crippen molar-refractivity contribution in [2.24, 2.45) is 5.73 Å². The fraction of sp³-hybridized carbons (Fsp3) is 0.571. The van der Waals surface area contributed by atoms with Crippen LogP contribution >= 0.6 is 0 Å². The summed E-state index contributed by atoms with van der Waals surface area (Å²) < 4.78 is 0.